The standard InChI is InChI=1S/C30H31ClN4O5S/c31-24-10-6-21(7-11-24)22-8-12-25(13-9-22)41(39,40)32-26-3-2-14-33(30(26)38)19-29(37)34-16-20-15-23(18-34)27-4-1-5-28(36)35(27)17-20/h1,4-13,20,23,26,32H,2-3,14-19H2/t20-,23?,26-/m0/s1. The highest BCUT2D eigenvalue weighted by atomic mass is 35.5. The Balaban J connectivity index is 1.09. The van der Waals surface area contributed by atoms with Gasteiger partial charge in [-0.2, -0.15) is 4.72 Å². The third kappa shape index (κ3) is 5.68. The number of sulfonamides is 1. The van der Waals surface area contributed by atoms with Gasteiger partial charge in [0.05, 0.1) is 11.4 Å². The molecule has 1 N–H and O–H groups in total. The van der Waals surface area contributed by atoms with Gasteiger partial charge in [0.15, 0.2) is 0 Å². The lowest BCUT2D eigenvalue weighted by molar-refractivity contribution is -0.144. The number of pyridine rings is 1. The topological polar surface area (TPSA) is 109 Å². The van der Waals surface area contributed by atoms with E-state index in [0.717, 1.165) is 23.2 Å². The molecule has 2 aromatic carbocycles. The second kappa shape index (κ2) is 11.1. The van der Waals surface area contributed by atoms with Gasteiger partial charge in [-0.25, -0.2) is 8.42 Å². The van der Waals surface area contributed by atoms with Crippen LogP contribution in [-0.4, -0.2) is 66.8 Å². The summed E-state index contributed by atoms with van der Waals surface area (Å²) < 4.78 is 30.7. The molecule has 2 amide bonds. The quantitative estimate of drug-likeness (QED) is 0.472. The Labute approximate surface area is 243 Å². The maximum Gasteiger partial charge on any atom is 0.250 e. The number of rotatable bonds is 6. The highest BCUT2D eigenvalue weighted by Gasteiger charge is 2.38. The number of fused-ring (bicyclic) bond motifs is 4. The molecule has 0 radical (unpaired) electrons. The van der Waals surface area contributed by atoms with Crippen LogP contribution in [0, 0.1) is 5.92 Å². The molecule has 11 heteroatoms. The first-order valence-corrected chi connectivity index (χ1v) is 15.7. The zero-order chi connectivity index (χ0) is 28.7. The van der Waals surface area contributed by atoms with Gasteiger partial charge in [0.2, 0.25) is 21.8 Å². The minimum Gasteiger partial charge on any atom is -0.340 e. The van der Waals surface area contributed by atoms with Gasteiger partial charge < -0.3 is 14.4 Å². The number of carbonyl (C=O) groups is 2. The summed E-state index contributed by atoms with van der Waals surface area (Å²) in [4.78, 5) is 42.2. The molecule has 2 fully saturated rings. The molecule has 1 unspecified atom stereocenters. The minimum atomic E-state index is -3.95. The highest BCUT2D eigenvalue weighted by Crippen LogP contribution is 2.35. The first-order chi connectivity index (χ1) is 19.7. The third-order valence-corrected chi connectivity index (χ3v) is 10.1. The first kappa shape index (κ1) is 27.7. The fourth-order valence-electron chi connectivity index (χ4n) is 6.29. The molecule has 2 bridgehead atoms. The number of likely N-dealkylation sites (tertiary alicyclic amines) is 2. The highest BCUT2D eigenvalue weighted by molar-refractivity contribution is 7.89. The summed E-state index contributed by atoms with van der Waals surface area (Å²) in [6.07, 6.45) is 1.88. The SMILES string of the molecule is O=C(CN1CCC[C@H](NS(=O)(=O)c2ccc(-c3ccc(Cl)cc3)cc2)C1=O)N1CC2C[C@@H](C1)Cn1c2cccc1=O. The van der Waals surface area contributed by atoms with Crippen LogP contribution >= 0.6 is 11.6 Å². The molecule has 0 aliphatic carbocycles. The zero-order valence-electron chi connectivity index (χ0n) is 22.4. The first-order valence-electron chi connectivity index (χ1n) is 13.8. The summed E-state index contributed by atoms with van der Waals surface area (Å²) in [5.41, 5.74) is 2.69. The van der Waals surface area contributed by atoms with Crippen LogP contribution in [-0.2, 0) is 26.2 Å². The molecule has 1 aromatic heterocycles. The molecule has 41 heavy (non-hydrogen) atoms. The van der Waals surface area contributed by atoms with Crippen LogP contribution in [0.2, 0.25) is 5.02 Å². The van der Waals surface area contributed by atoms with Crippen LogP contribution in [0.3, 0.4) is 0 Å². The van der Waals surface area contributed by atoms with E-state index in [1.165, 1.54) is 17.0 Å². The van der Waals surface area contributed by atoms with Gasteiger partial charge >= 0.3 is 0 Å². The van der Waals surface area contributed by atoms with Crippen molar-refractivity contribution in [3.8, 4) is 11.1 Å². The van der Waals surface area contributed by atoms with E-state index in [-0.39, 0.29) is 40.6 Å². The van der Waals surface area contributed by atoms with Crippen molar-refractivity contribution >= 4 is 33.4 Å². The lowest BCUT2D eigenvalue weighted by Crippen LogP contribution is -2.56. The number of amides is 2. The van der Waals surface area contributed by atoms with Crippen LogP contribution in [0.4, 0.5) is 0 Å². The molecule has 3 aliphatic heterocycles. The molecule has 3 atom stereocenters. The Kier molecular flexibility index (Phi) is 7.48. The molecule has 0 spiro atoms. The number of carbonyl (C=O) groups excluding carboxylic acids is 2. The Hall–Kier alpha value is -3.47. The van der Waals surface area contributed by atoms with Crippen LogP contribution in [0.15, 0.2) is 76.4 Å². The van der Waals surface area contributed by atoms with E-state index < -0.39 is 16.1 Å². The van der Waals surface area contributed by atoms with Crippen LogP contribution < -0.4 is 10.3 Å². The van der Waals surface area contributed by atoms with Gasteiger partial charge in [0.1, 0.15) is 6.04 Å². The normalized spacial score (nSPS) is 22.4. The van der Waals surface area contributed by atoms with Crippen molar-refractivity contribution < 1.29 is 18.0 Å². The van der Waals surface area contributed by atoms with E-state index in [0.29, 0.717) is 44.0 Å². The van der Waals surface area contributed by atoms with Crippen molar-refractivity contribution in [3.63, 3.8) is 0 Å². The Morgan fingerprint density at radius 1 is 0.927 bits per heavy atom. The summed E-state index contributed by atoms with van der Waals surface area (Å²) in [7, 11) is -3.95. The van der Waals surface area contributed by atoms with Crippen molar-refractivity contribution in [2.75, 3.05) is 26.2 Å². The maximum absolute atomic E-state index is 13.3. The molecule has 2 saturated heterocycles. The molecular formula is C30H31ClN4O5S. The van der Waals surface area contributed by atoms with Gasteiger partial charge in [-0.15, -0.1) is 0 Å². The van der Waals surface area contributed by atoms with E-state index in [2.05, 4.69) is 4.72 Å². The van der Waals surface area contributed by atoms with Gasteiger partial charge in [0.25, 0.3) is 5.56 Å². The fourth-order valence-corrected chi connectivity index (χ4v) is 7.64. The lowest BCUT2D eigenvalue weighted by atomic mass is 9.83. The zero-order valence-corrected chi connectivity index (χ0v) is 24.0. The number of hydrogen-bond acceptors (Lipinski definition) is 5. The Bertz CT molecular complexity index is 1640. The lowest BCUT2D eigenvalue weighted by Gasteiger charge is -2.43. The van der Waals surface area contributed by atoms with Gasteiger partial charge in [0, 0.05) is 48.9 Å². The number of nitrogens with one attached hydrogen (secondary N) is 1. The summed E-state index contributed by atoms with van der Waals surface area (Å²) in [5.74, 6) is -0.267. The smallest absolute Gasteiger partial charge is 0.250 e. The van der Waals surface area contributed by atoms with Crippen molar-refractivity contribution in [2.24, 2.45) is 5.92 Å². The monoisotopic (exact) mass is 594 g/mol. The number of halogens is 1. The Morgan fingerprint density at radius 2 is 1.63 bits per heavy atom. The van der Waals surface area contributed by atoms with Crippen molar-refractivity contribution in [1.82, 2.24) is 19.1 Å². The minimum absolute atomic E-state index is 0.0121. The molecule has 4 heterocycles. The number of nitrogens with zero attached hydrogens (tertiary/aromatic N) is 3. The van der Waals surface area contributed by atoms with Gasteiger partial charge in [-0.05, 0) is 66.6 Å². The fraction of sp³-hybridized carbons (Fsp3) is 0.367. The van der Waals surface area contributed by atoms with Gasteiger partial charge in [-0.1, -0.05) is 41.9 Å². The van der Waals surface area contributed by atoms with E-state index in [4.69, 9.17) is 11.6 Å². The third-order valence-electron chi connectivity index (χ3n) is 8.33. The van der Waals surface area contributed by atoms with Crippen molar-refractivity contribution in [3.05, 3.63) is 87.8 Å². The molecule has 3 aliphatic rings. The number of piperidine rings is 2. The maximum atomic E-state index is 13.3. The van der Waals surface area contributed by atoms with Crippen molar-refractivity contribution in [2.45, 2.75) is 42.7 Å². The summed E-state index contributed by atoms with van der Waals surface area (Å²) in [6.45, 7) is 1.94. The van der Waals surface area contributed by atoms with E-state index in [1.807, 2.05) is 22.8 Å². The molecule has 6 rings (SSSR count). The summed E-state index contributed by atoms with van der Waals surface area (Å²) in [5, 5.41) is 0.618. The number of benzene rings is 2. The van der Waals surface area contributed by atoms with E-state index in [1.54, 1.807) is 41.3 Å². The Morgan fingerprint density at radius 3 is 2.37 bits per heavy atom. The van der Waals surface area contributed by atoms with Crippen LogP contribution in [0.25, 0.3) is 11.1 Å². The average molecular weight is 595 g/mol. The molecule has 214 valence electrons. The van der Waals surface area contributed by atoms with Crippen LogP contribution in [0.5, 0.6) is 0 Å². The van der Waals surface area contributed by atoms with Crippen LogP contribution in [0.1, 0.15) is 30.9 Å². The largest absolute Gasteiger partial charge is 0.340 e. The summed E-state index contributed by atoms with van der Waals surface area (Å²) in [6, 6.07) is 18.1. The van der Waals surface area contributed by atoms with E-state index in [9.17, 15) is 22.8 Å². The molecule has 0 saturated carbocycles. The summed E-state index contributed by atoms with van der Waals surface area (Å²) >= 11 is 5.96. The van der Waals surface area contributed by atoms with Gasteiger partial charge in [-0.3, -0.25) is 14.4 Å². The molecule has 9 nitrogen and oxygen atoms in total. The number of aromatic nitrogens is 1. The predicted octanol–water partition coefficient (Wildman–Crippen LogP) is 3.08. The average Bonchev–Trinajstić information content (AvgIpc) is 2.96. The van der Waals surface area contributed by atoms with Crippen molar-refractivity contribution in [1.29, 1.82) is 0 Å². The second-order valence-electron chi connectivity index (χ2n) is 11.1. The second-order valence-corrected chi connectivity index (χ2v) is 13.3. The predicted molar refractivity (Wildman–Crippen MR) is 155 cm³/mol. The molecular weight excluding hydrogens is 564 g/mol. The molecule has 3 aromatic rings. The number of hydrogen-bond donors (Lipinski definition) is 1. The van der Waals surface area contributed by atoms with E-state index >= 15 is 0 Å².